The predicted molar refractivity (Wildman–Crippen MR) is 115 cm³/mol. The quantitative estimate of drug-likeness (QED) is 0.455. The largest absolute Gasteiger partial charge is 0.306 e. The van der Waals surface area contributed by atoms with Gasteiger partial charge in [-0.1, -0.05) is 60.1 Å². The van der Waals surface area contributed by atoms with Crippen LogP contribution in [0.5, 0.6) is 0 Å². The molecule has 3 aromatic carbocycles. The number of hydrogen-bond acceptors (Lipinski definition) is 4. The van der Waals surface area contributed by atoms with E-state index in [2.05, 4.69) is 11.1 Å². The van der Waals surface area contributed by atoms with Crippen molar-refractivity contribution in [1.82, 2.24) is 4.98 Å². The Morgan fingerprint density at radius 2 is 1.76 bits per heavy atom. The minimum absolute atomic E-state index is 0.292. The van der Waals surface area contributed by atoms with Crippen molar-refractivity contribution >= 4 is 44.7 Å². The van der Waals surface area contributed by atoms with Crippen molar-refractivity contribution in [2.75, 3.05) is 4.90 Å². The summed E-state index contributed by atoms with van der Waals surface area (Å²) in [7, 11) is 0. The zero-order valence-corrected chi connectivity index (χ0v) is 16.7. The summed E-state index contributed by atoms with van der Waals surface area (Å²) in [5, 5.41) is 11.4. The van der Waals surface area contributed by atoms with Gasteiger partial charge in [0.25, 0.3) is 5.91 Å². The summed E-state index contributed by atoms with van der Waals surface area (Å²) in [6.45, 7) is 0.295. The lowest BCUT2D eigenvalue weighted by molar-refractivity contribution is -0.120. The maximum Gasteiger partial charge on any atom is 0.259 e. The summed E-state index contributed by atoms with van der Waals surface area (Å²) in [6, 6.07) is 24.9. The summed E-state index contributed by atoms with van der Waals surface area (Å²) < 4.78 is 0.951. The fourth-order valence-corrected chi connectivity index (χ4v) is 5.11. The number of anilines is 1. The van der Waals surface area contributed by atoms with Gasteiger partial charge in [0.15, 0.2) is 0 Å². The number of carbonyl (C=O) groups is 1. The van der Waals surface area contributed by atoms with E-state index in [0.29, 0.717) is 22.1 Å². The molecule has 0 unspecified atom stereocenters. The molecule has 4 nitrogen and oxygen atoms in total. The van der Waals surface area contributed by atoms with Gasteiger partial charge in [0.2, 0.25) is 5.41 Å². The molecule has 0 fully saturated rings. The van der Waals surface area contributed by atoms with Crippen LogP contribution in [-0.2, 0) is 16.8 Å². The molecule has 0 saturated carbocycles. The molecule has 0 radical (unpaired) electrons. The molecule has 1 atom stereocenters. The molecule has 0 N–H and O–H groups in total. The lowest BCUT2D eigenvalue weighted by atomic mass is 9.84. The first-order chi connectivity index (χ1) is 14.1. The van der Waals surface area contributed by atoms with E-state index in [0.717, 1.165) is 21.5 Å². The summed E-state index contributed by atoms with van der Waals surface area (Å²) in [4.78, 5) is 20.0. The monoisotopic (exact) mass is 415 g/mol. The molecule has 4 aromatic rings. The Balaban J connectivity index is 1.70. The van der Waals surface area contributed by atoms with Crippen molar-refractivity contribution in [1.29, 1.82) is 5.26 Å². The Morgan fingerprint density at radius 3 is 2.55 bits per heavy atom. The summed E-state index contributed by atoms with van der Waals surface area (Å²) >= 11 is 7.73. The van der Waals surface area contributed by atoms with Crippen LogP contribution in [0.1, 0.15) is 16.1 Å². The third-order valence-electron chi connectivity index (χ3n) is 5.23. The molecular formula is C23H14ClN3OS. The molecule has 6 heteroatoms. The Hall–Kier alpha value is -3.20. The fourth-order valence-electron chi connectivity index (χ4n) is 3.80. The van der Waals surface area contributed by atoms with Gasteiger partial charge in [-0.05, 0) is 29.8 Å². The van der Waals surface area contributed by atoms with Crippen LogP contribution in [0.25, 0.3) is 10.2 Å². The molecule has 0 saturated heterocycles. The molecule has 1 aliphatic rings. The van der Waals surface area contributed by atoms with Gasteiger partial charge in [0, 0.05) is 16.3 Å². The first kappa shape index (κ1) is 17.9. The minimum atomic E-state index is -1.46. The van der Waals surface area contributed by atoms with E-state index in [1.165, 1.54) is 11.3 Å². The van der Waals surface area contributed by atoms with Gasteiger partial charge in [0.1, 0.15) is 5.01 Å². The number of thiazole rings is 1. The molecule has 5 rings (SSSR count). The molecule has 0 bridgehead atoms. The van der Waals surface area contributed by atoms with E-state index in [1.807, 2.05) is 66.7 Å². The highest BCUT2D eigenvalue weighted by Crippen LogP contribution is 2.48. The standard InChI is InChI=1S/C23H14ClN3OS/c24-17-9-3-1-7-15(17)13-27-19-11-5-2-8-16(19)23(14-25,22(27)28)21-26-18-10-4-6-12-20(18)29-21/h1-12H,13H2/t23-/m1/s1. The van der Waals surface area contributed by atoms with E-state index < -0.39 is 5.41 Å². The lowest BCUT2D eigenvalue weighted by Gasteiger charge is -2.21. The van der Waals surface area contributed by atoms with E-state index >= 15 is 0 Å². The van der Waals surface area contributed by atoms with Gasteiger partial charge < -0.3 is 4.90 Å². The van der Waals surface area contributed by atoms with Gasteiger partial charge in [-0.25, -0.2) is 4.98 Å². The van der Waals surface area contributed by atoms with Crippen molar-refractivity contribution in [3.63, 3.8) is 0 Å². The summed E-state index contributed by atoms with van der Waals surface area (Å²) in [5.41, 5.74) is 1.55. The number of benzene rings is 3. The van der Waals surface area contributed by atoms with Crippen LogP contribution in [0.4, 0.5) is 5.69 Å². The maximum atomic E-state index is 13.7. The van der Waals surface area contributed by atoms with Crippen molar-refractivity contribution in [3.8, 4) is 6.07 Å². The van der Waals surface area contributed by atoms with E-state index in [-0.39, 0.29) is 5.91 Å². The van der Waals surface area contributed by atoms with Gasteiger partial charge in [-0.3, -0.25) is 4.79 Å². The number of halogens is 1. The Morgan fingerprint density at radius 1 is 1.03 bits per heavy atom. The number of para-hydroxylation sites is 2. The van der Waals surface area contributed by atoms with Gasteiger partial charge in [-0.15, -0.1) is 11.3 Å². The number of nitrogens with zero attached hydrogens (tertiary/aromatic N) is 3. The molecule has 2 heterocycles. The molecule has 1 amide bonds. The average molecular weight is 416 g/mol. The van der Waals surface area contributed by atoms with E-state index in [1.54, 1.807) is 11.0 Å². The molecule has 29 heavy (non-hydrogen) atoms. The third kappa shape index (κ3) is 2.57. The van der Waals surface area contributed by atoms with Crippen molar-refractivity contribution in [2.24, 2.45) is 0 Å². The van der Waals surface area contributed by atoms with Crippen LogP contribution < -0.4 is 4.90 Å². The maximum absolute atomic E-state index is 13.7. The molecule has 1 aromatic heterocycles. The Labute approximate surface area is 176 Å². The molecule has 1 aliphatic heterocycles. The van der Waals surface area contributed by atoms with E-state index in [9.17, 15) is 10.1 Å². The van der Waals surface area contributed by atoms with Gasteiger partial charge >= 0.3 is 0 Å². The van der Waals surface area contributed by atoms with Crippen LogP contribution in [-0.4, -0.2) is 10.9 Å². The number of fused-ring (bicyclic) bond motifs is 2. The minimum Gasteiger partial charge on any atom is -0.306 e. The SMILES string of the molecule is N#C[C@@]1(c2nc3ccccc3s2)C(=O)N(Cc2ccccc2Cl)c2ccccc21. The zero-order chi connectivity index (χ0) is 20.0. The highest BCUT2D eigenvalue weighted by molar-refractivity contribution is 7.18. The molecule has 0 spiro atoms. The zero-order valence-electron chi connectivity index (χ0n) is 15.2. The first-order valence-electron chi connectivity index (χ1n) is 9.07. The van der Waals surface area contributed by atoms with Crippen molar-refractivity contribution in [2.45, 2.75) is 12.0 Å². The normalized spacial score (nSPS) is 18.1. The van der Waals surface area contributed by atoms with Crippen molar-refractivity contribution in [3.05, 3.63) is 94.0 Å². The van der Waals surface area contributed by atoms with Crippen molar-refractivity contribution < 1.29 is 4.79 Å². The molecule has 0 aliphatic carbocycles. The average Bonchev–Trinajstić information content (AvgIpc) is 3.28. The highest BCUT2D eigenvalue weighted by Gasteiger charge is 2.55. The summed E-state index contributed by atoms with van der Waals surface area (Å²) in [5.74, 6) is -0.292. The topological polar surface area (TPSA) is 57.0 Å². The van der Waals surface area contributed by atoms with Crippen LogP contribution in [0.2, 0.25) is 5.02 Å². The predicted octanol–water partition coefficient (Wildman–Crippen LogP) is 5.31. The smallest absolute Gasteiger partial charge is 0.259 e. The first-order valence-corrected chi connectivity index (χ1v) is 10.3. The number of aromatic nitrogens is 1. The number of carbonyl (C=O) groups excluding carboxylic acids is 1. The number of rotatable bonds is 3. The highest BCUT2D eigenvalue weighted by atomic mass is 35.5. The van der Waals surface area contributed by atoms with E-state index in [4.69, 9.17) is 11.6 Å². The molecular weight excluding hydrogens is 402 g/mol. The second-order valence-electron chi connectivity index (χ2n) is 6.85. The Kier molecular flexibility index (Phi) is 4.13. The van der Waals surface area contributed by atoms with Crippen LogP contribution in [0.15, 0.2) is 72.8 Å². The third-order valence-corrected chi connectivity index (χ3v) is 6.76. The lowest BCUT2D eigenvalue weighted by Crippen LogP contribution is -2.40. The van der Waals surface area contributed by atoms with Crippen LogP contribution in [0.3, 0.4) is 0 Å². The number of hydrogen-bond donors (Lipinski definition) is 0. The Bertz CT molecular complexity index is 1280. The van der Waals surface area contributed by atoms with Gasteiger partial charge in [0.05, 0.1) is 22.8 Å². The van der Waals surface area contributed by atoms with Crippen LogP contribution in [0, 0.1) is 11.3 Å². The fraction of sp³-hybridized carbons (Fsp3) is 0.0870. The van der Waals surface area contributed by atoms with Crippen LogP contribution >= 0.6 is 22.9 Å². The second kappa shape index (κ2) is 6.70. The number of nitriles is 1. The van der Waals surface area contributed by atoms with Gasteiger partial charge in [-0.2, -0.15) is 5.26 Å². The second-order valence-corrected chi connectivity index (χ2v) is 8.29. The summed E-state index contributed by atoms with van der Waals surface area (Å²) in [6.07, 6.45) is 0. The number of amides is 1. The molecule has 140 valence electrons.